The number of Topliss-reactive ketones (excluding diaryl/α,β-unsaturated/α-hetero) is 1. The molecule has 5 rings (SSSR count). The number of ether oxygens (including phenoxy) is 2. The summed E-state index contributed by atoms with van der Waals surface area (Å²) in [7, 11) is 1.20. The molecule has 0 heterocycles. The predicted octanol–water partition coefficient (Wildman–Crippen LogP) is 2.72. The molecule has 11 nitrogen and oxygen atoms in total. The molecule has 4 aliphatic rings. The quantitative estimate of drug-likeness (QED) is 0.279. The Labute approximate surface area is 268 Å². The van der Waals surface area contributed by atoms with Gasteiger partial charge in [-0.1, -0.05) is 31.6 Å². The number of carbonyl (C=O) groups is 5. The SMILES string of the molecule is COC(=O)[C@H](Cc1ccc(O)cc1)NC(=O)CCC(=O)OCC(=O)[C@@]1(O)CC[C@H]2[C@H]3CCC4=CC(=O)CC[C@]4(C)[C@H]3[C@@H](O)C[C@]21C. The molecule has 3 fully saturated rings. The lowest BCUT2D eigenvalue weighted by molar-refractivity contribution is -0.184. The van der Waals surface area contributed by atoms with E-state index in [-0.39, 0.29) is 66.8 Å². The zero-order valence-electron chi connectivity index (χ0n) is 26.8. The second kappa shape index (κ2) is 12.9. The van der Waals surface area contributed by atoms with Crippen LogP contribution in [-0.2, 0) is 39.9 Å². The van der Waals surface area contributed by atoms with Gasteiger partial charge in [0, 0.05) is 24.7 Å². The number of allylic oxidation sites excluding steroid dienone is 1. The van der Waals surface area contributed by atoms with Gasteiger partial charge in [-0.25, -0.2) is 4.79 Å². The first-order valence-corrected chi connectivity index (χ1v) is 16.2. The van der Waals surface area contributed by atoms with Gasteiger partial charge >= 0.3 is 11.9 Å². The summed E-state index contributed by atoms with van der Waals surface area (Å²) in [6.45, 7) is 3.36. The van der Waals surface area contributed by atoms with E-state index >= 15 is 0 Å². The topological polar surface area (TPSA) is 177 Å². The van der Waals surface area contributed by atoms with Crippen LogP contribution in [0.2, 0.25) is 0 Å². The van der Waals surface area contributed by atoms with E-state index < -0.39 is 53.4 Å². The highest BCUT2D eigenvalue weighted by atomic mass is 16.5. The van der Waals surface area contributed by atoms with E-state index in [0.717, 1.165) is 18.4 Å². The fraction of sp³-hybridized carbons (Fsp3) is 0.629. The van der Waals surface area contributed by atoms with Crippen LogP contribution in [0.15, 0.2) is 35.9 Å². The summed E-state index contributed by atoms with van der Waals surface area (Å²) in [5, 5.41) is 35.4. The third-order valence-electron chi connectivity index (χ3n) is 11.6. The fourth-order valence-electron chi connectivity index (χ4n) is 9.17. The minimum absolute atomic E-state index is 0.00502. The molecule has 8 atom stereocenters. The van der Waals surface area contributed by atoms with Gasteiger partial charge in [-0.2, -0.15) is 0 Å². The molecule has 1 aromatic carbocycles. The largest absolute Gasteiger partial charge is 0.508 e. The van der Waals surface area contributed by atoms with Crippen molar-refractivity contribution in [1.82, 2.24) is 5.32 Å². The number of rotatable bonds is 10. The van der Waals surface area contributed by atoms with Gasteiger partial charge in [-0.15, -0.1) is 0 Å². The highest BCUT2D eigenvalue weighted by Gasteiger charge is 2.68. The summed E-state index contributed by atoms with van der Waals surface area (Å²) >= 11 is 0. The first-order chi connectivity index (χ1) is 21.7. The number of phenolic OH excluding ortho intramolecular Hbond substituents is 1. The molecule has 4 aliphatic carbocycles. The number of amides is 1. The van der Waals surface area contributed by atoms with Gasteiger partial charge in [0.1, 0.15) is 17.4 Å². The van der Waals surface area contributed by atoms with Crippen molar-refractivity contribution in [2.45, 2.75) is 95.8 Å². The van der Waals surface area contributed by atoms with Crippen molar-refractivity contribution in [3.63, 3.8) is 0 Å². The lowest BCUT2D eigenvalue weighted by Gasteiger charge is -2.60. The smallest absolute Gasteiger partial charge is 0.328 e. The van der Waals surface area contributed by atoms with E-state index in [1.807, 2.05) is 6.92 Å². The van der Waals surface area contributed by atoms with Crippen molar-refractivity contribution in [1.29, 1.82) is 0 Å². The Hall–Kier alpha value is -3.57. The molecule has 0 saturated heterocycles. The summed E-state index contributed by atoms with van der Waals surface area (Å²) in [6, 6.07) is 5.14. The van der Waals surface area contributed by atoms with E-state index in [4.69, 9.17) is 9.47 Å². The molecule has 4 N–H and O–H groups in total. The number of phenols is 1. The van der Waals surface area contributed by atoms with Crippen molar-refractivity contribution in [2.75, 3.05) is 13.7 Å². The second-order valence-corrected chi connectivity index (χ2v) is 14.1. The second-order valence-electron chi connectivity index (χ2n) is 14.1. The van der Waals surface area contributed by atoms with Crippen LogP contribution in [0.5, 0.6) is 5.75 Å². The summed E-state index contributed by atoms with van der Waals surface area (Å²) in [6.07, 6.45) is 4.23. The van der Waals surface area contributed by atoms with Gasteiger partial charge in [-0.3, -0.25) is 19.2 Å². The Bertz CT molecular complexity index is 1420. The Morgan fingerprint density at radius 1 is 1.04 bits per heavy atom. The minimum atomic E-state index is -1.78. The third kappa shape index (κ3) is 6.11. The maximum absolute atomic E-state index is 13.5. The normalized spacial score (nSPS) is 33.8. The number of nitrogens with one attached hydrogen (secondary N) is 1. The Kier molecular flexibility index (Phi) is 9.48. The van der Waals surface area contributed by atoms with E-state index in [1.165, 1.54) is 19.2 Å². The van der Waals surface area contributed by atoms with E-state index in [9.17, 15) is 39.3 Å². The number of hydrogen-bond donors (Lipinski definition) is 4. The molecule has 0 spiro atoms. The number of aliphatic hydroxyl groups is 2. The number of esters is 2. The monoisotopic (exact) mass is 639 g/mol. The highest BCUT2D eigenvalue weighted by Crippen LogP contribution is 2.67. The average molecular weight is 640 g/mol. The maximum Gasteiger partial charge on any atom is 0.328 e. The van der Waals surface area contributed by atoms with Crippen LogP contribution in [-0.4, -0.2) is 76.2 Å². The van der Waals surface area contributed by atoms with Crippen molar-refractivity contribution < 1.29 is 48.8 Å². The fourth-order valence-corrected chi connectivity index (χ4v) is 9.17. The summed E-state index contributed by atoms with van der Waals surface area (Å²) in [5.41, 5.74) is -1.18. The predicted molar refractivity (Wildman–Crippen MR) is 164 cm³/mol. The molecule has 46 heavy (non-hydrogen) atoms. The van der Waals surface area contributed by atoms with Gasteiger partial charge in [-0.05, 0) is 85.5 Å². The van der Waals surface area contributed by atoms with Gasteiger partial charge < -0.3 is 30.1 Å². The Morgan fingerprint density at radius 3 is 2.46 bits per heavy atom. The molecular weight excluding hydrogens is 594 g/mol. The van der Waals surface area contributed by atoms with Crippen LogP contribution in [0, 0.1) is 28.6 Å². The van der Waals surface area contributed by atoms with Crippen LogP contribution in [0.1, 0.15) is 77.2 Å². The van der Waals surface area contributed by atoms with Crippen LogP contribution >= 0.6 is 0 Å². The number of aromatic hydroxyl groups is 1. The lowest BCUT2D eigenvalue weighted by Crippen LogP contribution is -2.62. The summed E-state index contributed by atoms with van der Waals surface area (Å²) in [5.74, 6) is -2.45. The number of hydrogen-bond acceptors (Lipinski definition) is 10. The molecule has 0 unspecified atom stereocenters. The summed E-state index contributed by atoms with van der Waals surface area (Å²) < 4.78 is 10.0. The maximum atomic E-state index is 13.5. The molecule has 0 aromatic heterocycles. The number of benzene rings is 1. The molecule has 0 aliphatic heterocycles. The van der Waals surface area contributed by atoms with Gasteiger partial charge in [0.15, 0.2) is 12.4 Å². The van der Waals surface area contributed by atoms with Crippen molar-refractivity contribution in [3.05, 3.63) is 41.5 Å². The van der Waals surface area contributed by atoms with Crippen LogP contribution in [0.4, 0.5) is 0 Å². The van der Waals surface area contributed by atoms with Gasteiger partial charge in [0.2, 0.25) is 11.7 Å². The minimum Gasteiger partial charge on any atom is -0.508 e. The molecule has 3 saturated carbocycles. The molecule has 1 amide bonds. The van der Waals surface area contributed by atoms with Crippen LogP contribution in [0.25, 0.3) is 0 Å². The number of carbonyl (C=O) groups excluding carboxylic acids is 5. The van der Waals surface area contributed by atoms with Crippen molar-refractivity contribution in [2.24, 2.45) is 28.6 Å². The zero-order valence-corrected chi connectivity index (χ0v) is 26.8. The van der Waals surface area contributed by atoms with Crippen LogP contribution < -0.4 is 5.32 Å². The first-order valence-electron chi connectivity index (χ1n) is 16.2. The van der Waals surface area contributed by atoms with E-state index in [1.54, 1.807) is 18.2 Å². The molecular formula is C35H45NO10. The standard InChI is InChI=1S/C35H45NO10/c1-33-14-12-23(38)17-21(33)6-9-24-25-13-15-35(44,34(25,2)18-27(39)31(24)33)28(40)19-46-30(42)11-10-29(41)36-26(32(43)45-3)16-20-4-7-22(37)8-5-20/h4-5,7-8,17,24-27,31,37,39,44H,6,9-16,18-19H2,1-3H3,(H,36,41)/t24-,25+,26+,27+,31-,33+,34-,35+/m1/s1. The number of aliphatic hydroxyl groups excluding tert-OH is 1. The van der Waals surface area contributed by atoms with E-state index in [0.29, 0.717) is 24.8 Å². The van der Waals surface area contributed by atoms with Gasteiger partial charge in [0.25, 0.3) is 0 Å². The molecule has 1 aromatic rings. The molecule has 0 bridgehead atoms. The van der Waals surface area contributed by atoms with Crippen LogP contribution in [0.3, 0.4) is 0 Å². The third-order valence-corrected chi connectivity index (χ3v) is 11.6. The number of methoxy groups -OCH3 is 1. The molecule has 11 heteroatoms. The van der Waals surface area contributed by atoms with Crippen molar-refractivity contribution in [3.8, 4) is 5.75 Å². The Morgan fingerprint density at radius 2 is 1.76 bits per heavy atom. The molecule has 250 valence electrons. The highest BCUT2D eigenvalue weighted by molar-refractivity contribution is 5.92. The average Bonchev–Trinajstić information content (AvgIpc) is 3.29. The van der Waals surface area contributed by atoms with E-state index in [2.05, 4.69) is 12.2 Å². The molecule has 0 radical (unpaired) electrons. The zero-order chi connectivity index (χ0) is 33.4. The number of ketones is 2. The van der Waals surface area contributed by atoms with Crippen molar-refractivity contribution >= 4 is 29.4 Å². The summed E-state index contributed by atoms with van der Waals surface area (Å²) in [4.78, 5) is 63.0. The first kappa shape index (κ1) is 33.8. The number of fused-ring (bicyclic) bond motifs is 5. The lowest BCUT2D eigenvalue weighted by atomic mass is 9.45. The van der Waals surface area contributed by atoms with Gasteiger partial charge in [0.05, 0.1) is 19.6 Å². The Balaban J connectivity index is 1.16.